The molecular formula is C7H14N2OS. The van der Waals surface area contributed by atoms with Gasteiger partial charge >= 0.3 is 0 Å². The van der Waals surface area contributed by atoms with Crippen LogP contribution >= 0.6 is 11.8 Å². The molecule has 0 saturated heterocycles. The van der Waals surface area contributed by atoms with Gasteiger partial charge in [-0.3, -0.25) is 0 Å². The van der Waals surface area contributed by atoms with Crippen molar-refractivity contribution in [2.75, 3.05) is 32.3 Å². The van der Waals surface area contributed by atoms with Crippen molar-refractivity contribution in [2.24, 2.45) is 0 Å². The third-order valence-corrected chi connectivity index (χ3v) is 2.24. The Hall–Kier alpha value is -0.240. The number of methoxy groups -OCH3 is 1. The van der Waals surface area contributed by atoms with Gasteiger partial charge in [-0.05, 0) is 7.05 Å². The van der Waals surface area contributed by atoms with Gasteiger partial charge in [-0.2, -0.15) is 17.0 Å². The molecular weight excluding hydrogens is 160 g/mol. The summed E-state index contributed by atoms with van der Waals surface area (Å²) < 4.78 is 4.87. The number of hydrogen-bond acceptors (Lipinski definition) is 4. The van der Waals surface area contributed by atoms with E-state index in [0.29, 0.717) is 0 Å². The van der Waals surface area contributed by atoms with E-state index in [0.717, 1.165) is 18.1 Å². The first-order valence-electron chi connectivity index (χ1n) is 3.48. The molecule has 0 aromatic carbocycles. The molecule has 1 atom stereocenters. The van der Waals surface area contributed by atoms with E-state index < -0.39 is 0 Å². The quantitative estimate of drug-likeness (QED) is 0.595. The molecule has 1 unspecified atom stereocenters. The Morgan fingerprint density at radius 3 is 2.91 bits per heavy atom. The normalized spacial score (nSPS) is 12.5. The minimum absolute atomic E-state index is 0.0307. The van der Waals surface area contributed by atoms with Crippen LogP contribution < -0.4 is 5.32 Å². The fraction of sp³-hybridized carbons (Fsp3) is 0.857. The van der Waals surface area contributed by atoms with Crippen LogP contribution in [0, 0.1) is 11.3 Å². The number of nitrogens with one attached hydrogen (secondary N) is 1. The zero-order valence-electron chi connectivity index (χ0n) is 6.96. The smallest absolute Gasteiger partial charge is 0.104 e. The summed E-state index contributed by atoms with van der Waals surface area (Å²) in [4.78, 5) is 0. The third-order valence-electron chi connectivity index (χ3n) is 1.22. The maximum absolute atomic E-state index is 8.53. The standard InChI is InChI=1S/C7H14N2OS/c1-9-7(5-8)6-11-4-3-10-2/h7,9H,3-4,6H2,1-2H3. The Morgan fingerprint density at radius 2 is 2.45 bits per heavy atom. The molecule has 0 rings (SSSR count). The Kier molecular flexibility index (Phi) is 7.69. The first kappa shape index (κ1) is 10.8. The number of nitrogens with zero attached hydrogens (tertiary/aromatic N) is 1. The van der Waals surface area contributed by atoms with Crippen molar-refractivity contribution < 1.29 is 4.74 Å². The predicted molar refractivity (Wildman–Crippen MR) is 47.7 cm³/mol. The van der Waals surface area contributed by atoms with Crippen LogP contribution in [0.25, 0.3) is 0 Å². The fourth-order valence-corrected chi connectivity index (χ4v) is 1.46. The van der Waals surface area contributed by atoms with E-state index in [4.69, 9.17) is 10.00 Å². The Morgan fingerprint density at radius 1 is 1.73 bits per heavy atom. The second-order valence-corrected chi connectivity index (χ2v) is 3.19. The lowest BCUT2D eigenvalue weighted by Crippen LogP contribution is -2.25. The largest absolute Gasteiger partial charge is 0.384 e. The first-order chi connectivity index (χ1) is 5.35. The molecule has 0 saturated carbocycles. The van der Waals surface area contributed by atoms with Crippen LogP contribution in [0.5, 0.6) is 0 Å². The minimum atomic E-state index is -0.0307. The Balaban J connectivity index is 3.16. The van der Waals surface area contributed by atoms with Crippen molar-refractivity contribution >= 4 is 11.8 Å². The van der Waals surface area contributed by atoms with Gasteiger partial charge in [-0.15, -0.1) is 0 Å². The summed E-state index contributed by atoms with van der Waals surface area (Å²) in [5.74, 6) is 1.78. The average molecular weight is 174 g/mol. The molecule has 0 heterocycles. The fourth-order valence-electron chi connectivity index (χ4n) is 0.529. The maximum Gasteiger partial charge on any atom is 0.104 e. The van der Waals surface area contributed by atoms with E-state index in [-0.39, 0.29) is 6.04 Å². The summed E-state index contributed by atoms with van der Waals surface area (Å²) in [6, 6.07) is 2.13. The second kappa shape index (κ2) is 7.86. The zero-order valence-corrected chi connectivity index (χ0v) is 7.78. The SMILES string of the molecule is CNC(C#N)CSCCOC. The van der Waals surface area contributed by atoms with Crippen LogP contribution in [0.2, 0.25) is 0 Å². The van der Waals surface area contributed by atoms with E-state index in [1.165, 1.54) is 0 Å². The summed E-state index contributed by atoms with van der Waals surface area (Å²) in [5.41, 5.74) is 0. The van der Waals surface area contributed by atoms with Crippen LogP contribution in [0.4, 0.5) is 0 Å². The molecule has 0 aliphatic carbocycles. The van der Waals surface area contributed by atoms with Gasteiger partial charge in [0.25, 0.3) is 0 Å². The van der Waals surface area contributed by atoms with Gasteiger partial charge in [0.1, 0.15) is 6.04 Å². The molecule has 0 fully saturated rings. The molecule has 0 aliphatic rings. The molecule has 0 aromatic rings. The summed E-state index contributed by atoms with van der Waals surface area (Å²) in [7, 11) is 3.48. The zero-order chi connectivity index (χ0) is 8.53. The first-order valence-corrected chi connectivity index (χ1v) is 4.64. The van der Waals surface area contributed by atoms with E-state index in [9.17, 15) is 0 Å². The molecule has 11 heavy (non-hydrogen) atoms. The minimum Gasteiger partial charge on any atom is -0.384 e. The second-order valence-electron chi connectivity index (χ2n) is 2.04. The van der Waals surface area contributed by atoms with Crippen molar-refractivity contribution in [3.05, 3.63) is 0 Å². The van der Waals surface area contributed by atoms with E-state index in [2.05, 4.69) is 11.4 Å². The van der Waals surface area contributed by atoms with Crippen LogP contribution in [0.1, 0.15) is 0 Å². The third kappa shape index (κ3) is 6.17. The van der Waals surface area contributed by atoms with Gasteiger partial charge in [-0.25, -0.2) is 0 Å². The molecule has 64 valence electrons. The van der Waals surface area contributed by atoms with E-state index >= 15 is 0 Å². The summed E-state index contributed by atoms with van der Waals surface area (Å²) in [6.45, 7) is 0.756. The van der Waals surface area contributed by atoms with Gasteiger partial charge in [0, 0.05) is 18.6 Å². The Bertz CT molecular complexity index is 124. The number of thioether (sulfide) groups is 1. The molecule has 0 amide bonds. The van der Waals surface area contributed by atoms with Crippen molar-refractivity contribution in [3.8, 4) is 6.07 Å². The number of hydrogen-bond donors (Lipinski definition) is 1. The average Bonchev–Trinajstić information content (AvgIpc) is 2.05. The van der Waals surface area contributed by atoms with Gasteiger partial charge < -0.3 is 10.1 Å². The molecule has 4 heteroatoms. The lowest BCUT2D eigenvalue weighted by molar-refractivity contribution is 0.218. The molecule has 0 aliphatic heterocycles. The highest BCUT2D eigenvalue weighted by Crippen LogP contribution is 2.01. The van der Waals surface area contributed by atoms with Crippen molar-refractivity contribution in [1.82, 2.24) is 5.32 Å². The number of rotatable bonds is 6. The molecule has 0 spiro atoms. The van der Waals surface area contributed by atoms with Gasteiger partial charge in [0.15, 0.2) is 0 Å². The molecule has 1 N–H and O–H groups in total. The summed E-state index contributed by atoms with van der Waals surface area (Å²) in [6.07, 6.45) is 0. The molecule has 0 aromatic heterocycles. The van der Waals surface area contributed by atoms with E-state index in [1.54, 1.807) is 25.9 Å². The lowest BCUT2D eigenvalue weighted by atomic mass is 10.4. The predicted octanol–water partition coefficient (Wildman–Crippen LogP) is 0.478. The summed E-state index contributed by atoms with van der Waals surface area (Å²) in [5, 5.41) is 11.4. The molecule has 0 bridgehead atoms. The van der Waals surface area contributed by atoms with Crippen LogP contribution in [-0.4, -0.2) is 38.3 Å². The highest BCUT2D eigenvalue weighted by atomic mass is 32.2. The lowest BCUT2D eigenvalue weighted by Gasteiger charge is -2.05. The van der Waals surface area contributed by atoms with Crippen LogP contribution in [0.15, 0.2) is 0 Å². The maximum atomic E-state index is 8.53. The molecule has 3 nitrogen and oxygen atoms in total. The van der Waals surface area contributed by atoms with Gasteiger partial charge in [0.05, 0.1) is 12.7 Å². The van der Waals surface area contributed by atoms with Crippen molar-refractivity contribution in [3.63, 3.8) is 0 Å². The summed E-state index contributed by atoms with van der Waals surface area (Å²) >= 11 is 1.73. The topological polar surface area (TPSA) is 45.0 Å². The number of nitriles is 1. The highest BCUT2D eigenvalue weighted by molar-refractivity contribution is 7.99. The van der Waals surface area contributed by atoms with Gasteiger partial charge in [0.2, 0.25) is 0 Å². The van der Waals surface area contributed by atoms with Crippen LogP contribution in [0.3, 0.4) is 0 Å². The van der Waals surface area contributed by atoms with Crippen molar-refractivity contribution in [1.29, 1.82) is 5.26 Å². The van der Waals surface area contributed by atoms with Crippen LogP contribution in [-0.2, 0) is 4.74 Å². The molecule has 0 radical (unpaired) electrons. The Labute approximate surface area is 72.1 Å². The van der Waals surface area contributed by atoms with Gasteiger partial charge in [-0.1, -0.05) is 0 Å². The van der Waals surface area contributed by atoms with Crippen molar-refractivity contribution in [2.45, 2.75) is 6.04 Å². The number of ether oxygens (including phenoxy) is 1. The highest BCUT2D eigenvalue weighted by Gasteiger charge is 2.01. The monoisotopic (exact) mass is 174 g/mol. The van der Waals surface area contributed by atoms with E-state index in [1.807, 2.05) is 0 Å².